The van der Waals surface area contributed by atoms with Gasteiger partial charge in [-0.1, -0.05) is 19.0 Å². The van der Waals surface area contributed by atoms with Crippen LogP contribution in [0.5, 0.6) is 0 Å². The maximum atomic E-state index is 5.06. The van der Waals surface area contributed by atoms with Crippen molar-refractivity contribution in [2.45, 2.75) is 33.0 Å². The summed E-state index contributed by atoms with van der Waals surface area (Å²) >= 11 is 0. The van der Waals surface area contributed by atoms with Crippen LogP contribution in [0.4, 0.5) is 0 Å². The minimum atomic E-state index is 0.512. The lowest BCUT2D eigenvalue weighted by Gasteiger charge is -2.05. The Balaban J connectivity index is 1.92. The van der Waals surface area contributed by atoms with Gasteiger partial charge in [0.2, 0.25) is 0 Å². The first-order chi connectivity index (χ1) is 7.74. The first-order valence-electron chi connectivity index (χ1n) is 5.51. The highest BCUT2D eigenvalue weighted by atomic mass is 16.5. The molecule has 2 aromatic heterocycles. The summed E-state index contributed by atoms with van der Waals surface area (Å²) in [7, 11) is 0. The van der Waals surface area contributed by atoms with Gasteiger partial charge in [-0.25, -0.2) is 0 Å². The van der Waals surface area contributed by atoms with Crippen molar-refractivity contribution in [3.63, 3.8) is 0 Å². The SMILES string of the molecule is CC(C)NCc1ccn(Cc2ccno2)c1. The Morgan fingerprint density at radius 2 is 2.31 bits per heavy atom. The van der Waals surface area contributed by atoms with E-state index >= 15 is 0 Å². The van der Waals surface area contributed by atoms with Gasteiger partial charge in [0.25, 0.3) is 0 Å². The predicted molar refractivity (Wildman–Crippen MR) is 62.0 cm³/mol. The molecule has 0 aromatic carbocycles. The number of aromatic nitrogens is 2. The molecule has 2 heterocycles. The van der Waals surface area contributed by atoms with Crippen LogP contribution in [0.3, 0.4) is 0 Å². The van der Waals surface area contributed by atoms with Gasteiger partial charge in [0, 0.05) is 31.0 Å². The maximum Gasteiger partial charge on any atom is 0.156 e. The third kappa shape index (κ3) is 2.97. The molecule has 1 N–H and O–H groups in total. The van der Waals surface area contributed by atoms with E-state index < -0.39 is 0 Å². The molecule has 4 heteroatoms. The van der Waals surface area contributed by atoms with Gasteiger partial charge in [-0.3, -0.25) is 0 Å². The van der Waals surface area contributed by atoms with Crippen molar-refractivity contribution >= 4 is 0 Å². The van der Waals surface area contributed by atoms with Crippen LogP contribution >= 0.6 is 0 Å². The van der Waals surface area contributed by atoms with Crippen LogP contribution in [0.1, 0.15) is 25.2 Å². The third-order valence-corrected chi connectivity index (χ3v) is 2.36. The standard InChI is InChI=1S/C12H17N3O/c1-10(2)13-7-11-4-6-15(8-11)9-12-3-5-14-16-12/h3-6,8,10,13H,7,9H2,1-2H3. The second-order valence-electron chi connectivity index (χ2n) is 4.21. The Hall–Kier alpha value is -1.55. The fourth-order valence-electron chi connectivity index (χ4n) is 1.52. The van der Waals surface area contributed by atoms with Gasteiger partial charge in [0.05, 0.1) is 12.7 Å². The zero-order chi connectivity index (χ0) is 11.4. The fourth-order valence-corrected chi connectivity index (χ4v) is 1.52. The summed E-state index contributed by atoms with van der Waals surface area (Å²) in [6.45, 7) is 5.93. The molecule has 0 aliphatic heterocycles. The van der Waals surface area contributed by atoms with Crippen LogP contribution < -0.4 is 5.32 Å². The first-order valence-corrected chi connectivity index (χ1v) is 5.51. The van der Waals surface area contributed by atoms with E-state index in [0.29, 0.717) is 6.04 Å². The average molecular weight is 219 g/mol. The Morgan fingerprint density at radius 3 is 3.00 bits per heavy atom. The Morgan fingerprint density at radius 1 is 1.44 bits per heavy atom. The van der Waals surface area contributed by atoms with Crippen LogP contribution in [0.2, 0.25) is 0 Å². The van der Waals surface area contributed by atoms with Crippen LogP contribution in [-0.2, 0) is 13.1 Å². The Bertz CT molecular complexity index is 417. The van der Waals surface area contributed by atoms with E-state index in [0.717, 1.165) is 18.8 Å². The molecule has 2 rings (SSSR count). The molecule has 0 fully saturated rings. The van der Waals surface area contributed by atoms with Crippen LogP contribution in [0.15, 0.2) is 35.2 Å². The van der Waals surface area contributed by atoms with Gasteiger partial charge >= 0.3 is 0 Å². The molecule has 0 radical (unpaired) electrons. The van der Waals surface area contributed by atoms with Crippen molar-refractivity contribution < 1.29 is 4.52 Å². The highest BCUT2D eigenvalue weighted by molar-refractivity contribution is 5.11. The average Bonchev–Trinajstić information content (AvgIpc) is 2.87. The van der Waals surface area contributed by atoms with Gasteiger partial charge < -0.3 is 14.4 Å². The van der Waals surface area contributed by atoms with Crippen LogP contribution in [0, 0.1) is 0 Å². The quantitative estimate of drug-likeness (QED) is 0.836. The lowest BCUT2D eigenvalue weighted by Crippen LogP contribution is -2.21. The smallest absolute Gasteiger partial charge is 0.156 e. The van der Waals surface area contributed by atoms with Crippen LogP contribution in [0.25, 0.3) is 0 Å². The van der Waals surface area contributed by atoms with Gasteiger partial charge in [-0.15, -0.1) is 0 Å². The summed E-state index contributed by atoms with van der Waals surface area (Å²) in [5.41, 5.74) is 1.29. The van der Waals surface area contributed by atoms with Gasteiger partial charge in [-0.2, -0.15) is 0 Å². The molecule has 0 atom stereocenters. The van der Waals surface area contributed by atoms with Crippen molar-refractivity contribution in [2.24, 2.45) is 0 Å². The van der Waals surface area contributed by atoms with Crippen molar-refractivity contribution in [1.29, 1.82) is 0 Å². The molecule has 0 unspecified atom stereocenters. The molecule has 0 aliphatic carbocycles. The van der Waals surface area contributed by atoms with E-state index in [1.54, 1.807) is 6.20 Å². The summed E-state index contributed by atoms with van der Waals surface area (Å²) in [6.07, 6.45) is 5.85. The molecule has 16 heavy (non-hydrogen) atoms. The summed E-state index contributed by atoms with van der Waals surface area (Å²) in [5, 5.41) is 7.07. The molecule has 0 bridgehead atoms. The number of hydrogen-bond donors (Lipinski definition) is 1. The molecule has 86 valence electrons. The third-order valence-electron chi connectivity index (χ3n) is 2.36. The monoisotopic (exact) mass is 219 g/mol. The summed E-state index contributed by atoms with van der Waals surface area (Å²) in [6, 6.07) is 4.51. The first kappa shape index (κ1) is 11.0. The van der Waals surface area contributed by atoms with E-state index in [-0.39, 0.29) is 0 Å². The van der Waals surface area contributed by atoms with Crippen molar-refractivity contribution in [1.82, 2.24) is 15.0 Å². The van der Waals surface area contributed by atoms with Gasteiger partial charge in [-0.05, 0) is 11.6 Å². The highest BCUT2D eigenvalue weighted by Gasteiger charge is 2.01. The number of rotatable bonds is 5. The lowest BCUT2D eigenvalue weighted by molar-refractivity contribution is 0.376. The molecule has 0 saturated heterocycles. The molecule has 0 amide bonds. The van der Waals surface area contributed by atoms with Crippen LogP contribution in [-0.4, -0.2) is 15.8 Å². The second-order valence-corrected chi connectivity index (χ2v) is 4.21. The summed E-state index contributed by atoms with van der Waals surface area (Å²) < 4.78 is 7.15. The van der Waals surface area contributed by atoms with Crippen molar-refractivity contribution in [3.8, 4) is 0 Å². The van der Waals surface area contributed by atoms with Gasteiger partial charge in [0.15, 0.2) is 5.76 Å². The predicted octanol–water partition coefficient (Wildman–Crippen LogP) is 2.02. The lowest BCUT2D eigenvalue weighted by atomic mass is 10.3. The topological polar surface area (TPSA) is 43.0 Å². The molecular formula is C12H17N3O. The Labute approximate surface area is 95.2 Å². The molecule has 2 aromatic rings. The van der Waals surface area contributed by atoms with Crippen molar-refractivity contribution in [2.75, 3.05) is 0 Å². The van der Waals surface area contributed by atoms with E-state index in [9.17, 15) is 0 Å². The maximum absolute atomic E-state index is 5.06. The Kier molecular flexibility index (Phi) is 3.41. The normalized spacial score (nSPS) is 11.2. The minimum Gasteiger partial charge on any atom is -0.359 e. The van der Waals surface area contributed by atoms with E-state index in [1.807, 2.05) is 6.07 Å². The summed E-state index contributed by atoms with van der Waals surface area (Å²) in [4.78, 5) is 0. The molecule has 0 spiro atoms. The van der Waals surface area contributed by atoms with E-state index in [4.69, 9.17) is 4.52 Å². The largest absolute Gasteiger partial charge is 0.359 e. The zero-order valence-corrected chi connectivity index (χ0v) is 9.68. The number of nitrogens with zero attached hydrogens (tertiary/aromatic N) is 2. The van der Waals surface area contributed by atoms with E-state index in [2.05, 4.69) is 47.3 Å². The second kappa shape index (κ2) is 4.99. The van der Waals surface area contributed by atoms with Crippen molar-refractivity contribution in [3.05, 3.63) is 42.0 Å². The van der Waals surface area contributed by atoms with Gasteiger partial charge in [0.1, 0.15) is 0 Å². The van der Waals surface area contributed by atoms with E-state index in [1.165, 1.54) is 5.56 Å². The summed E-state index contributed by atoms with van der Waals surface area (Å²) in [5.74, 6) is 0.874. The number of nitrogens with one attached hydrogen (secondary N) is 1. The molecule has 0 saturated carbocycles. The molecule has 0 aliphatic rings. The number of hydrogen-bond acceptors (Lipinski definition) is 3. The highest BCUT2D eigenvalue weighted by Crippen LogP contribution is 2.05. The molecule has 4 nitrogen and oxygen atoms in total. The minimum absolute atomic E-state index is 0.512. The zero-order valence-electron chi connectivity index (χ0n) is 9.68. The fraction of sp³-hybridized carbons (Fsp3) is 0.417. The molecular weight excluding hydrogens is 202 g/mol.